The number of benzene rings is 2. The molecule has 6 heteroatoms. The lowest BCUT2D eigenvalue weighted by Crippen LogP contribution is -2.15. The fourth-order valence-electron chi connectivity index (χ4n) is 3.00. The van der Waals surface area contributed by atoms with E-state index in [0.29, 0.717) is 23.4 Å². The highest BCUT2D eigenvalue weighted by atomic mass is 19.1. The number of hydrogen-bond donors (Lipinski definition) is 1. The first kappa shape index (κ1) is 16.1. The number of hydrogen-bond acceptors (Lipinski definition) is 2. The van der Waals surface area contributed by atoms with Crippen LogP contribution in [0, 0.1) is 5.82 Å². The molecule has 2 aromatic heterocycles. The molecule has 0 aliphatic rings. The van der Waals surface area contributed by atoms with Gasteiger partial charge in [0.25, 0.3) is 5.91 Å². The molecule has 26 heavy (non-hydrogen) atoms. The second-order valence-corrected chi connectivity index (χ2v) is 6.16. The summed E-state index contributed by atoms with van der Waals surface area (Å²) < 4.78 is 16.9. The third kappa shape index (κ3) is 3.09. The minimum Gasteiger partial charge on any atom is -0.340 e. The van der Waals surface area contributed by atoms with Crippen molar-refractivity contribution in [3.63, 3.8) is 0 Å². The number of nitrogens with zero attached hydrogens (tertiary/aromatic N) is 3. The minimum absolute atomic E-state index is 0.261. The van der Waals surface area contributed by atoms with Crippen molar-refractivity contribution in [2.75, 3.05) is 5.32 Å². The molecule has 4 rings (SSSR count). The Labute approximate surface area is 149 Å². The van der Waals surface area contributed by atoms with E-state index < -0.39 is 0 Å². The van der Waals surface area contributed by atoms with E-state index in [0.717, 1.165) is 10.9 Å². The number of anilines is 1. The molecular weight excluding hydrogens is 331 g/mol. The summed E-state index contributed by atoms with van der Waals surface area (Å²) in [5.74, 6) is -0.587. The highest BCUT2D eigenvalue weighted by Gasteiger charge is 2.14. The van der Waals surface area contributed by atoms with Gasteiger partial charge in [-0.1, -0.05) is 30.3 Å². The fourth-order valence-corrected chi connectivity index (χ4v) is 3.00. The average molecular weight is 348 g/mol. The lowest BCUT2D eigenvalue weighted by molar-refractivity contribution is 0.101. The Hall–Kier alpha value is -3.41. The molecule has 0 spiro atoms. The van der Waals surface area contributed by atoms with Crippen molar-refractivity contribution in [1.82, 2.24) is 14.3 Å². The van der Waals surface area contributed by atoms with E-state index in [4.69, 9.17) is 0 Å². The molecule has 0 unspecified atom stereocenters. The number of nitrogens with one attached hydrogen (secondary N) is 1. The number of aryl methyl sites for hydroxylation is 1. The first-order chi connectivity index (χ1) is 12.6. The zero-order valence-corrected chi connectivity index (χ0v) is 14.2. The topological polar surface area (TPSA) is 51.9 Å². The number of halogens is 1. The Kier molecular flexibility index (Phi) is 4.01. The van der Waals surface area contributed by atoms with E-state index in [2.05, 4.69) is 10.4 Å². The molecule has 0 aliphatic heterocycles. The van der Waals surface area contributed by atoms with Crippen molar-refractivity contribution in [3.05, 3.63) is 84.1 Å². The van der Waals surface area contributed by atoms with Crippen molar-refractivity contribution >= 4 is 22.5 Å². The second-order valence-electron chi connectivity index (χ2n) is 6.16. The van der Waals surface area contributed by atoms with E-state index >= 15 is 0 Å². The van der Waals surface area contributed by atoms with Crippen LogP contribution in [0.15, 0.2) is 67.0 Å². The zero-order valence-electron chi connectivity index (χ0n) is 14.2. The van der Waals surface area contributed by atoms with Crippen LogP contribution < -0.4 is 5.32 Å². The second kappa shape index (κ2) is 6.48. The van der Waals surface area contributed by atoms with Gasteiger partial charge in [-0.3, -0.25) is 9.48 Å². The molecule has 0 fully saturated rings. The Morgan fingerprint density at radius 1 is 1.15 bits per heavy atom. The third-order valence-electron chi connectivity index (χ3n) is 4.32. The maximum Gasteiger partial charge on any atom is 0.272 e. The summed E-state index contributed by atoms with van der Waals surface area (Å²) in [6.45, 7) is 0.629. The number of aromatic nitrogens is 3. The molecule has 0 aliphatic carbocycles. The largest absolute Gasteiger partial charge is 0.340 e. The van der Waals surface area contributed by atoms with Crippen LogP contribution in [0.3, 0.4) is 0 Å². The Morgan fingerprint density at radius 2 is 1.96 bits per heavy atom. The quantitative estimate of drug-likeness (QED) is 0.610. The van der Waals surface area contributed by atoms with Gasteiger partial charge in [0.05, 0.1) is 23.9 Å². The Bertz CT molecular complexity index is 1080. The standard InChI is InChI=1S/C20H17FN4O/c1-24-18-10-16(21)8-7-15(18)9-19(24)20(26)23-17-11-22-25(13-17)12-14-5-3-2-4-6-14/h2-11,13H,12H2,1H3,(H,23,26). The van der Waals surface area contributed by atoms with Crippen molar-refractivity contribution in [2.45, 2.75) is 6.54 Å². The Morgan fingerprint density at radius 3 is 2.77 bits per heavy atom. The van der Waals surface area contributed by atoms with Crippen molar-refractivity contribution in [1.29, 1.82) is 0 Å². The summed E-state index contributed by atoms with van der Waals surface area (Å²) in [7, 11) is 1.75. The number of fused-ring (bicyclic) bond motifs is 1. The normalized spacial score (nSPS) is 11.0. The van der Waals surface area contributed by atoms with Gasteiger partial charge in [-0.25, -0.2) is 4.39 Å². The van der Waals surface area contributed by atoms with Gasteiger partial charge in [0.15, 0.2) is 0 Å². The van der Waals surface area contributed by atoms with E-state index in [1.54, 1.807) is 40.8 Å². The van der Waals surface area contributed by atoms with Gasteiger partial charge in [0.2, 0.25) is 0 Å². The molecule has 0 bridgehead atoms. The van der Waals surface area contributed by atoms with Crippen molar-refractivity contribution < 1.29 is 9.18 Å². The smallest absolute Gasteiger partial charge is 0.272 e. The van der Waals surface area contributed by atoms with Gasteiger partial charge >= 0.3 is 0 Å². The number of carbonyl (C=O) groups excluding carboxylic acids is 1. The molecular formula is C20H17FN4O. The van der Waals surface area contributed by atoms with Gasteiger partial charge in [0, 0.05) is 18.6 Å². The van der Waals surface area contributed by atoms with Crippen LogP contribution in [0.25, 0.3) is 10.9 Å². The fraction of sp³-hybridized carbons (Fsp3) is 0.100. The molecule has 2 aromatic carbocycles. The SMILES string of the molecule is Cn1c(C(=O)Nc2cnn(Cc3ccccc3)c2)cc2ccc(F)cc21. The molecule has 1 amide bonds. The maximum atomic E-state index is 13.4. The molecule has 0 saturated heterocycles. The summed E-state index contributed by atoms with van der Waals surface area (Å²) in [5, 5.41) is 7.94. The van der Waals surface area contributed by atoms with E-state index in [1.807, 2.05) is 30.3 Å². The third-order valence-corrected chi connectivity index (χ3v) is 4.32. The van der Waals surface area contributed by atoms with Crippen LogP contribution in [0.1, 0.15) is 16.1 Å². The molecule has 5 nitrogen and oxygen atoms in total. The van der Waals surface area contributed by atoms with Gasteiger partial charge in [-0.15, -0.1) is 0 Å². The highest BCUT2D eigenvalue weighted by molar-refractivity contribution is 6.06. The first-order valence-corrected chi connectivity index (χ1v) is 8.23. The van der Waals surface area contributed by atoms with Crippen LogP contribution in [0.5, 0.6) is 0 Å². The molecule has 0 saturated carbocycles. The van der Waals surface area contributed by atoms with Crippen molar-refractivity contribution in [3.8, 4) is 0 Å². The highest BCUT2D eigenvalue weighted by Crippen LogP contribution is 2.21. The summed E-state index contributed by atoms with van der Waals surface area (Å²) in [6, 6.07) is 16.2. The van der Waals surface area contributed by atoms with Gasteiger partial charge in [-0.2, -0.15) is 5.10 Å². The summed E-state index contributed by atoms with van der Waals surface area (Å²) in [5.41, 5.74) is 2.88. The lowest BCUT2D eigenvalue weighted by atomic mass is 10.2. The van der Waals surface area contributed by atoms with Gasteiger partial charge < -0.3 is 9.88 Å². The first-order valence-electron chi connectivity index (χ1n) is 8.23. The van der Waals surface area contributed by atoms with Crippen LogP contribution in [0.4, 0.5) is 10.1 Å². The minimum atomic E-state index is -0.326. The van der Waals surface area contributed by atoms with E-state index in [-0.39, 0.29) is 11.7 Å². The van der Waals surface area contributed by atoms with E-state index in [1.165, 1.54) is 12.1 Å². The van der Waals surface area contributed by atoms with Gasteiger partial charge in [-0.05, 0) is 29.8 Å². The Balaban J connectivity index is 1.53. The van der Waals surface area contributed by atoms with Gasteiger partial charge in [0.1, 0.15) is 11.5 Å². The predicted molar refractivity (Wildman–Crippen MR) is 98.6 cm³/mol. The van der Waals surface area contributed by atoms with E-state index in [9.17, 15) is 9.18 Å². The predicted octanol–water partition coefficient (Wildman–Crippen LogP) is 3.81. The van der Waals surface area contributed by atoms with Crippen LogP contribution >= 0.6 is 0 Å². The molecule has 0 radical (unpaired) electrons. The summed E-state index contributed by atoms with van der Waals surface area (Å²) in [4.78, 5) is 12.6. The summed E-state index contributed by atoms with van der Waals surface area (Å²) in [6.07, 6.45) is 3.40. The molecule has 1 N–H and O–H groups in total. The van der Waals surface area contributed by atoms with Crippen LogP contribution in [0.2, 0.25) is 0 Å². The number of rotatable bonds is 4. The number of carbonyl (C=O) groups is 1. The monoisotopic (exact) mass is 348 g/mol. The molecule has 4 aromatic rings. The van der Waals surface area contributed by atoms with Crippen molar-refractivity contribution in [2.24, 2.45) is 7.05 Å². The lowest BCUT2D eigenvalue weighted by Gasteiger charge is -2.05. The van der Waals surface area contributed by atoms with Crippen LogP contribution in [-0.2, 0) is 13.6 Å². The molecule has 2 heterocycles. The molecule has 0 atom stereocenters. The maximum absolute atomic E-state index is 13.4. The zero-order chi connectivity index (χ0) is 18.1. The number of amides is 1. The molecule has 130 valence electrons. The average Bonchev–Trinajstić information content (AvgIpc) is 3.20. The summed E-state index contributed by atoms with van der Waals surface area (Å²) >= 11 is 0. The van der Waals surface area contributed by atoms with Crippen LogP contribution in [-0.4, -0.2) is 20.3 Å².